The van der Waals surface area contributed by atoms with E-state index < -0.39 is 51.0 Å². The molecule has 1 unspecified atom stereocenters. The van der Waals surface area contributed by atoms with E-state index in [1.165, 1.54) is 19.1 Å². The van der Waals surface area contributed by atoms with Gasteiger partial charge in [0.25, 0.3) is 0 Å². The maximum atomic E-state index is 14.2. The molecule has 0 spiro atoms. The molecular formula is C21H22F5N3O3S. The van der Waals surface area contributed by atoms with Gasteiger partial charge in [-0.15, -0.1) is 0 Å². The highest BCUT2D eigenvalue weighted by Gasteiger charge is 2.30. The molecule has 33 heavy (non-hydrogen) atoms. The molecule has 3 N–H and O–H groups in total. The summed E-state index contributed by atoms with van der Waals surface area (Å²) in [6, 6.07) is 3.93. The normalized spacial score (nSPS) is 13.1. The number of halogens is 5. The number of carbonyl (C=O) groups excluding carboxylic acids is 1. The topological polar surface area (TPSA) is 87.3 Å². The van der Waals surface area contributed by atoms with Gasteiger partial charge in [-0.05, 0) is 55.3 Å². The van der Waals surface area contributed by atoms with Crippen LogP contribution in [0.1, 0.15) is 36.6 Å². The average Bonchev–Trinajstić information content (AvgIpc) is 2.68. The van der Waals surface area contributed by atoms with Gasteiger partial charge in [0.15, 0.2) is 11.6 Å². The minimum absolute atomic E-state index is 0.0358. The van der Waals surface area contributed by atoms with Crippen LogP contribution in [0.3, 0.4) is 0 Å². The largest absolute Gasteiger partial charge is 0.416 e. The zero-order valence-electron chi connectivity index (χ0n) is 17.8. The van der Waals surface area contributed by atoms with Crippen molar-refractivity contribution in [2.24, 2.45) is 0 Å². The highest BCUT2D eigenvalue weighted by Crippen LogP contribution is 2.32. The van der Waals surface area contributed by atoms with Crippen molar-refractivity contribution in [3.05, 3.63) is 64.7 Å². The first-order valence-corrected chi connectivity index (χ1v) is 11.5. The second kappa shape index (κ2) is 10.2. The van der Waals surface area contributed by atoms with Crippen LogP contribution in [0, 0.1) is 11.6 Å². The Kier molecular flexibility index (Phi) is 8.06. The van der Waals surface area contributed by atoms with E-state index in [1.807, 2.05) is 0 Å². The van der Waals surface area contributed by atoms with Gasteiger partial charge in [0.1, 0.15) is 5.69 Å². The Morgan fingerprint density at radius 2 is 1.73 bits per heavy atom. The molecule has 0 aromatic heterocycles. The van der Waals surface area contributed by atoms with Gasteiger partial charge < -0.3 is 10.6 Å². The first-order chi connectivity index (χ1) is 15.2. The van der Waals surface area contributed by atoms with Crippen LogP contribution >= 0.6 is 0 Å². The molecule has 180 valence electrons. The maximum absolute atomic E-state index is 14.2. The van der Waals surface area contributed by atoms with Crippen LogP contribution in [0.15, 0.2) is 36.4 Å². The molecule has 12 heteroatoms. The molecule has 0 saturated carbocycles. The summed E-state index contributed by atoms with van der Waals surface area (Å²) in [6.07, 6.45) is -1.39. The minimum Gasteiger partial charge on any atom is -0.385 e. The highest BCUT2D eigenvalue weighted by molar-refractivity contribution is 7.92. The van der Waals surface area contributed by atoms with Gasteiger partial charge in [-0.2, -0.15) is 13.2 Å². The van der Waals surface area contributed by atoms with Crippen molar-refractivity contribution in [2.45, 2.75) is 26.1 Å². The van der Waals surface area contributed by atoms with Crippen molar-refractivity contribution >= 4 is 33.4 Å². The summed E-state index contributed by atoms with van der Waals surface area (Å²) in [5, 5.41) is 5.28. The lowest BCUT2D eigenvalue weighted by atomic mass is 10.1. The fourth-order valence-electron chi connectivity index (χ4n) is 2.86. The zero-order valence-corrected chi connectivity index (χ0v) is 18.7. The SMILES string of the molecule is CCNc1cc(C(F)(F)F)ccc1C=CC(=O)NC(C)c1cc(F)c(NS(C)(=O)=O)c(F)c1. The molecule has 1 atom stereocenters. The zero-order chi connectivity index (χ0) is 25.0. The van der Waals surface area contributed by atoms with Gasteiger partial charge in [0, 0.05) is 18.3 Å². The van der Waals surface area contributed by atoms with Gasteiger partial charge >= 0.3 is 6.18 Å². The predicted molar refractivity (Wildman–Crippen MR) is 116 cm³/mol. The molecule has 0 aliphatic heterocycles. The van der Waals surface area contributed by atoms with Crippen molar-refractivity contribution < 1.29 is 35.2 Å². The molecule has 0 aliphatic carbocycles. The molecule has 0 aliphatic rings. The van der Waals surface area contributed by atoms with Crippen molar-refractivity contribution in [3.63, 3.8) is 0 Å². The second-order valence-corrected chi connectivity index (χ2v) is 8.88. The van der Waals surface area contributed by atoms with E-state index in [1.54, 1.807) is 11.6 Å². The highest BCUT2D eigenvalue weighted by atomic mass is 32.2. The van der Waals surface area contributed by atoms with Crippen LogP contribution in [-0.4, -0.2) is 27.1 Å². The maximum Gasteiger partial charge on any atom is 0.416 e. The van der Waals surface area contributed by atoms with Crippen molar-refractivity contribution in [2.75, 3.05) is 22.8 Å². The molecule has 6 nitrogen and oxygen atoms in total. The summed E-state index contributed by atoms with van der Waals surface area (Å²) in [4.78, 5) is 12.2. The third-order valence-electron chi connectivity index (χ3n) is 4.37. The van der Waals surface area contributed by atoms with Crippen LogP contribution in [0.2, 0.25) is 0 Å². The van der Waals surface area contributed by atoms with E-state index in [-0.39, 0.29) is 11.3 Å². The van der Waals surface area contributed by atoms with E-state index in [9.17, 15) is 35.2 Å². The van der Waals surface area contributed by atoms with Crippen molar-refractivity contribution in [3.8, 4) is 0 Å². The van der Waals surface area contributed by atoms with Crippen LogP contribution in [0.4, 0.5) is 33.3 Å². The van der Waals surface area contributed by atoms with E-state index in [0.717, 1.165) is 36.6 Å². The Hall–Kier alpha value is -3.15. The Morgan fingerprint density at radius 3 is 2.24 bits per heavy atom. The molecule has 1 amide bonds. The lowest BCUT2D eigenvalue weighted by Crippen LogP contribution is -2.25. The summed E-state index contributed by atoms with van der Waals surface area (Å²) >= 11 is 0. The van der Waals surface area contributed by atoms with Gasteiger partial charge in [-0.1, -0.05) is 6.07 Å². The number of sulfonamides is 1. The number of hydrogen-bond acceptors (Lipinski definition) is 4. The van der Waals surface area contributed by atoms with Crippen LogP contribution in [-0.2, 0) is 21.0 Å². The smallest absolute Gasteiger partial charge is 0.385 e. The molecule has 0 radical (unpaired) electrons. The number of nitrogens with one attached hydrogen (secondary N) is 3. The fraction of sp³-hybridized carbons (Fsp3) is 0.286. The molecule has 0 fully saturated rings. The number of amides is 1. The number of benzene rings is 2. The lowest BCUT2D eigenvalue weighted by Gasteiger charge is -2.15. The summed E-state index contributed by atoms with van der Waals surface area (Å²) in [5.41, 5.74) is -1.12. The predicted octanol–water partition coefficient (Wildman–Crippen LogP) is 4.68. The molecule has 0 saturated heterocycles. The van der Waals surface area contributed by atoms with Crippen molar-refractivity contribution in [1.82, 2.24) is 5.32 Å². The summed E-state index contributed by atoms with van der Waals surface area (Å²) in [5.74, 6) is -2.98. The van der Waals surface area contributed by atoms with E-state index in [0.29, 0.717) is 12.1 Å². The quantitative estimate of drug-likeness (QED) is 0.370. The summed E-state index contributed by atoms with van der Waals surface area (Å²) in [7, 11) is -3.90. The molecule has 2 rings (SSSR count). The number of alkyl halides is 3. The first kappa shape index (κ1) is 26.1. The summed E-state index contributed by atoms with van der Waals surface area (Å²) in [6.45, 7) is 3.51. The lowest BCUT2D eigenvalue weighted by molar-refractivity contribution is -0.137. The molecule has 2 aromatic rings. The third kappa shape index (κ3) is 7.45. The number of hydrogen-bond donors (Lipinski definition) is 3. The fourth-order valence-corrected chi connectivity index (χ4v) is 3.42. The minimum atomic E-state index is -4.52. The Balaban J connectivity index is 2.18. The van der Waals surface area contributed by atoms with E-state index in [2.05, 4.69) is 10.6 Å². The Morgan fingerprint density at radius 1 is 1.12 bits per heavy atom. The standard InChI is InChI=1S/C21H22F5N3O3S/c1-4-27-18-11-15(21(24,25)26)7-5-13(18)6-8-19(30)28-12(2)14-9-16(22)20(17(23)10-14)29-33(3,31)32/h5-12,27,29H,4H2,1-3H3,(H,28,30). The van der Waals surface area contributed by atoms with Gasteiger partial charge in [-0.25, -0.2) is 17.2 Å². The van der Waals surface area contributed by atoms with Crippen LogP contribution in [0.25, 0.3) is 6.08 Å². The Labute approximate surface area is 187 Å². The summed E-state index contributed by atoms with van der Waals surface area (Å²) < 4.78 is 91.3. The van der Waals surface area contributed by atoms with Crippen molar-refractivity contribution in [1.29, 1.82) is 0 Å². The molecule has 2 aromatic carbocycles. The van der Waals surface area contributed by atoms with E-state index >= 15 is 0 Å². The monoisotopic (exact) mass is 491 g/mol. The van der Waals surface area contributed by atoms with Gasteiger partial charge in [0.05, 0.1) is 17.9 Å². The first-order valence-electron chi connectivity index (χ1n) is 9.61. The van der Waals surface area contributed by atoms with Gasteiger partial charge in [-0.3, -0.25) is 9.52 Å². The molecule has 0 bridgehead atoms. The second-order valence-electron chi connectivity index (χ2n) is 7.13. The van der Waals surface area contributed by atoms with E-state index in [4.69, 9.17) is 0 Å². The third-order valence-corrected chi connectivity index (χ3v) is 4.95. The number of anilines is 2. The molecule has 0 heterocycles. The van der Waals surface area contributed by atoms with Crippen LogP contribution in [0.5, 0.6) is 0 Å². The number of carbonyl (C=O) groups is 1. The van der Waals surface area contributed by atoms with Gasteiger partial charge in [0.2, 0.25) is 15.9 Å². The van der Waals surface area contributed by atoms with Crippen LogP contribution < -0.4 is 15.4 Å². The Bertz CT molecular complexity index is 1140. The average molecular weight is 491 g/mol. The molecular weight excluding hydrogens is 469 g/mol. The number of rotatable bonds is 8.